The van der Waals surface area contributed by atoms with Crippen molar-refractivity contribution in [3.05, 3.63) is 71.4 Å². The fraction of sp³-hybridized carbons (Fsp3) is 0.333. The molecular weight excluding hydrogens is 413 g/mol. The predicted molar refractivity (Wildman–Crippen MR) is 125 cm³/mol. The van der Waals surface area contributed by atoms with E-state index in [0.29, 0.717) is 25.2 Å². The maximum atomic E-state index is 13.0. The molecule has 0 aromatic heterocycles. The highest BCUT2D eigenvalue weighted by Crippen LogP contribution is 2.12. The molecule has 0 unspecified atom stereocenters. The number of thioether (sulfide) groups is 1. The molecule has 0 aliphatic carbocycles. The maximum Gasteiger partial charge on any atom is 0.238 e. The van der Waals surface area contributed by atoms with Crippen molar-refractivity contribution in [3.8, 4) is 0 Å². The summed E-state index contributed by atoms with van der Waals surface area (Å²) in [5.74, 6) is 0.453. The van der Waals surface area contributed by atoms with Gasteiger partial charge < -0.3 is 10.2 Å². The Balaban J connectivity index is 1.35. The third-order valence-corrected chi connectivity index (χ3v) is 5.79. The van der Waals surface area contributed by atoms with Crippen LogP contribution in [0.1, 0.15) is 18.4 Å². The number of halogens is 1. The number of nitrogens with one attached hydrogen (secondary N) is 1. The molecule has 5 nitrogen and oxygen atoms in total. The molecule has 1 heterocycles. The van der Waals surface area contributed by atoms with E-state index in [1.165, 1.54) is 12.1 Å². The first-order valence-electron chi connectivity index (χ1n) is 10.5. The second kappa shape index (κ2) is 12.3. The van der Waals surface area contributed by atoms with Crippen LogP contribution >= 0.6 is 11.8 Å². The molecule has 1 aliphatic heterocycles. The summed E-state index contributed by atoms with van der Waals surface area (Å²) < 4.78 is 13.0. The molecule has 1 saturated heterocycles. The first-order chi connectivity index (χ1) is 15.1. The van der Waals surface area contributed by atoms with Crippen LogP contribution in [-0.4, -0.2) is 60.1 Å². The molecule has 164 valence electrons. The molecule has 0 atom stereocenters. The Bertz CT molecular complexity index is 874. The minimum Gasteiger partial charge on any atom is -0.341 e. The monoisotopic (exact) mass is 441 g/mol. The topological polar surface area (TPSA) is 52.7 Å². The summed E-state index contributed by atoms with van der Waals surface area (Å²) in [4.78, 5) is 28.8. The van der Waals surface area contributed by atoms with Crippen molar-refractivity contribution in [2.24, 2.45) is 0 Å². The van der Waals surface area contributed by atoms with Crippen molar-refractivity contribution in [1.82, 2.24) is 9.80 Å². The molecule has 31 heavy (non-hydrogen) atoms. The van der Waals surface area contributed by atoms with Gasteiger partial charge in [-0.05, 0) is 47.7 Å². The van der Waals surface area contributed by atoms with Crippen LogP contribution in [0.3, 0.4) is 0 Å². The molecule has 0 radical (unpaired) electrons. The molecule has 2 amide bonds. The van der Waals surface area contributed by atoms with Crippen molar-refractivity contribution in [1.29, 1.82) is 0 Å². The van der Waals surface area contributed by atoms with Crippen LogP contribution in [0.4, 0.5) is 10.1 Å². The van der Waals surface area contributed by atoms with Crippen LogP contribution in [0.15, 0.2) is 60.0 Å². The second-order valence-corrected chi connectivity index (χ2v) is 8.41. The Hall–Kier alpha value is -2.64. The van der Waals surface area contributed by atoms with Gasteiger partial charge in [-0.2, -0.15) is 0 Å². The number of carbonyl (C=O) groups excluding carboxylic acids is 2. The Morgan fingerprint density at radius 3 is 2.55 bits per heavy atom. The highest BCUT2D eigenvalue weighted by atomic mass is 32.2. The van der Waals surface area contributed by atoms with E-state index in [1.54, 1.807) is 23.9 Å². The summed E-state index contributed by atoms with van der Waals surface area (Å²) in [6.07, 6.45) is 3.40. The Morgan fingerprint density at radius 1 is 1.00 bits per heavy atom. The number of benzene rings is 2. The lowest BCUT2D eigenvalue weighted by Gasteiger charge is -2.21. The lowest BCUT2D eigenvalue weighted by Crippen LogP contribution is -2.38. The Labute approximate surface area is 187 Å². The predicted octanol–water partition coefficient (Wildman–Crippen LogP) is 4.09. The lowest BCUT2D eigenvalue weighted by molar-refractivity contribution is -0.130. The van der Waals surface area contributed by atoms with Crippen LogP contribution in [0, 0.1) is 5.82 Å². The Kier molecular flexibility index (Phi) is 9.12. The van der Waals surface area contributed by atoms with Gasteiger partial charge >= 0.3 is 0 Å². The smallest absolute Gasteiger partial charge is 0.238 e. The minimum absolute atomic E-state index is 0.131. The summed E-state index contributed by atoms with van der Waals surface area (Å²) >= 11 is 1.64. The van der Waals surface area contributed by atoms with E-state index in [9.17, 15) is 14.0 Å². The zero-order valence-electron chi connectivity index (χ0n) is 17.5. The number of hydrogen-bond acceptors (Lipinski definition) is 4. The average molecular weight is 442 g/mol. The number of nitrogens with zero attached hydrogens (tertiary/aromatic N) is 2. The van der Waals surface area contributed by atoms with E-state index in [2.05, 4.69) is 16.3 Å². The summed E-state index contributed by atoms with van der Waals surface area (Å²) in [7, 11) is 0. The lowest BCUT2D eigenvalue weighted by atomic mass is 10.2. The first-order valence-corrected chi connectivity index (χ1v) is 11.5. The third kappa shape index (κ3) is 8.19. The van der Waals surface area contributed by atoms with Crippen LogP contribution in [-0.2, 0) is 9.59 Å². The highest BCUT2D eigenvalue weighted by Gasteiger charge is 2.20. The molecule has 1 N–H and O–H groups in total. The number of hydrogen-bond donors (Lipinski definition) is 1. The van der Waals surface area contributed by atoms with Gasteiger partial charge in [0.2, 0.25) is 11.8 Å². The van der Waals surface area contributed by atoms with Gasteiger partial charge in [0.05, 0.1) is 6.54 Å². The SMILES string of the molecule is O=C(CN1CCCN(C(=O)CCSC=Cc2ccccc2)CC1)Nc1ccc(F)cc1. The molecule has 0 bridgehead atoms. The van der Waals surface area contributed by atoms with Crippen molar-refractivity contribution >= 4 is 35.3 Å². The van der Waals surface area contributed by atoms with E-state index in [1.807, 2.05) is 40.6 Å². The third-order valence-electron chi connectivity index (χ3n) is 5.03. The molecule has 7 heteroatoms. The molecule has 1 aliphatic rings. The van der Waals surface area contributed by atoms with E-state index in [0.717, 1.165) is 30.8 Å². The number of amides is 2. The molecule has 2 aromatic carbocycles. The summed E-state index contributed by atoms with van der Waals surface area (Å²) in [6.45, 7) is 3.06. The van der Waals surface area contributed by atoms with Crippen LogP contribution in [0.2, 0.25) is 0 Å². The molecule has 0 spiro atoms. The summed E-state index contributed by atoms with van der Waals surface area (Å²) in [5, 5.41) is 4.82. The van der Waals surface area contributed by atoms with Gasteiger partial charge in [-0.1, -0.05) is 30.3 Å². The van der Waals surface area contributed by atoms with Gasteiger partial charge in [0.25, 0.3) is 0 Å². The van der Waals surface area contributed by atoms with E-state index in [4.69, 9.17) is 0 Å². The van der Waals surface area contributed by atoms with Crippen LogP contribution in [0.25, 0.3) is 6.08 Å². The normalized spacial score (nSPS) is 15.1. The number of carbonyl (C=O) groups is 2. The van der Waals surface area contributed by atoms with Crippen LogP contribution in [0.5, 0.6) is 0 Å². The first kappa shape index (κ1) is 23.0. The quantitative estimate of drug-likeness (QED) is 0.627. The average Bonchev–Trinajstić information content (AvgIpc) is 3.01. The highest BCUT2D eigenvalue weighted by molar-refractivity contribution is 8.02. The minimum atomic E-state index is -0.333. The van der Waals surface area contributed by atoms with E-state index < -0.39 is 0 Å². The Morgan fingerprint density at radius 2 is 1.77 bits per heavy atom. The molecule has 1 fully saturated rings. The van der Waals surface area contributed by atoms with Gasteiger partial charge in [0.15, 0.2) is 0 Å². The van der Waals surface area contributed by atoms with Gasteiger partial charge in [0.1, 0.15) is 5.82 Å². The van der Waals surface area contributed by atoms with Gasteiger partial charge in [0, 0.05) is 44.0 Å². The summed E-state index contributed by atoms with van der Waals surface area (Å²) in [5.41, 5.74) is 1.73. The second-order valence-electron chi connectivity index (χ2n) is 7.40. The van der Waals surface area contributed by atoms with Crippen LogP contribution < -0.4 is 5.32 Å². The molecule has 0 saturated carbocycles. The van der Waals surface area contributed by atoms with Crippen molar-refractivity contribution in [2.45, 2.75) is 12.8 Å². The van der Waals surface area contributed by atoms with Crippen molar-refractivity contribution < 1.29 is 14.0 Å². The molecular formula is C24H28FN3O2S. The zero-order valence-corrected chi connectivity index (χ0v) is 18.3. The zero-order chi connectivity index (χ0) is 21.9. The van der Waals surface area contributed by atoms with Crippen molar-refractivity contribution in [3.63, 3.8) is 0 Å². The fourth-order valence-corrected chi connectivity index (χ4v) is 4.06. The number of rotatable bonds is 8. The van der Waals surface area contributed by atoms with Gasteiger partial charge in [-0.15, -0.1) is 11.8 Å². The largest absolute Gasteiger partial charge is 0.341 e. The van der Waals surface area contributed by atoms with Crippen molar-refractivity contribution in [2.75, 3.05) is 43.8 Å². The van der Waals surface area contributed by atoms with E-state index >= 15 is 0 Å². The van der Waals surface area contributed by atoms with Gasteiger partial charge in [-0.25, -0.2) is 4.39 Å². The molecule has 3 rings (SSSR count). The van der Waals surface area contributed by atoms with Gasteiger partial charge in [-0.3, -0.25) is 14.5 Å². The number of anilines is 1. The molecule has 2 aromatic rings. The fourth-order valence-electron chi connectivity index (χ4n) is 3.38. The maximum absolute atomic E-state index is 13.0. The summed E-state index contributed by atoms with van der Waals surface area (Å²) in [6, 6.07) is 15.8. The van der Waals surface area contributed by atoms with E-state index in [-0.39, 0.29) is 24.2 Å². The standard InChI is InChI=1S/C24H28FN3O2S/c25-21-7-9-22(10-8-21)26-23(29)19-27-13-4-14-28(16-15-27)24(30)12-18-31-17-11-20-5-2-1-3-6-20/h1-3,5-11,17H,4,12-16,18-19H2,(H,26,29).